The number of amides is 1. The molecule has 0 fully saturated rings. The van der Waals surface area contributed by atoms with Crippen molar-refractivity contribution in [1.29, 1.82) is 0 Å². The van der Waals surface area contributed by atoms with E-state index in [4.69, 9.17) is 4.52 Å². The summed E-state index contributed by atoms with van der Waals surface area (Å²) in [4.78, 5) is 17.3. The predicted molar refractivity (Wildman–Crippen MR) is 81.5 cm³/mol. The number of nitrogens with one attached hydrogen (secondary N) is 1. The Labute approximate surface area is 125 Å². The fourth-order valence-electron chi connectivity index (χ4n) is 1.98. The molecule has 3 rings (SSSR count). The van der Waals surface area contributed by atoms with E-state index in [0.717, 1.165) is 10.4 Å². The minimum atomic E-state index is -0.149. The molecule has 6 heteroatoms. The third kappa shape index (κ3) is 2.71. The first-order chi connectivity index (χ1) is 10.1. The molecule has 1 aromatic carbocycles. The molecule has 21 heavy (non-hydrogen) atoms. The highest BCUT2D eigenvalue weighted by atomic mass is 32.1. The number of hydrogen-bond acceptors (Lipinski definition) is 5. The summed E-state index contributed by atoms with van der Waals surface area (Å²) in [6.45, 7) is 3.66. The molecule has 106 valence electrons. The summed E-state index contributed by atoms with van der Waals surface area (Å²) >= 11 is 1.45. The highest BCUT2D eigenvalue weighted by Crippen LogP contribution is 2.32. The predicted octanol–water partition coefficient (Wildman–Crippen LogP) is 3.67. The molecule has 2 heterocycles. The van der Waals surface area contributed by atoms with Crippen LogP contribution in [0, 0.1) is 13.8 Å². The first-order valence-corrected chi connectivity index (χ1v) is 7.28. The molecule has 0 aliphatic heterocycles. The van der Waals surface area contributed by atoms with Gasteiger partial charge in [0.1, 0.15) is 4.88 Å². The molecule has 0 spiro atoms. The number of anilines is 1. The second kappa shape index (κ2) is 5.49. The number of benzene rings is 1. The van der Waals surface area contributed by atoms with Gasteiger partial charge < -0.3 is 9.84 Å². The number of carbonyl (C=O) groups excluding carboxylic acids is 1. The normalized spacial score (nSPS) is 10.6. The molecular weight excluding hydrogens is 286 g/mol. The number of thiophene rings is 1. The van der Waals surface area contributed by atoms with Gasteiger partial charge in [-0.15, -0.1) is 11.3 Å². The van der Waals surface area contributed by atoms with Gasteiger partial charge in [0.05, 0.1) is 5.69 Å². The number of nitrogens with zero attached hydrogens (tertiary/aromatic N) is 2. The zero-order valence-electron chi connectivity index (χ0n) is 11.6. The Balaban J connectivity index is 1.88. The molecule has 1 amide bonds. The Hall–Kier alpha value is -2.47. The van der Waals surface area contributed by atoms with Crippen LogP contribution in [0.2, 0.25) is 0 Å². The average Bonchev–Trinajstić information content (AvgIpc) is 3.08. The van der Waals surface area contributed by atoms with Crippen LogP contribution in [0.3, 0.4) is 0 Å². The summed E-state index contributed by atoms with van der Waals surface area (Å²) in [7, 11) is 0. The van der Waals surface area contributed by atoms with Crippen molar-refractivity contribution in [2.75, 3.05) is 5.32 Å². The highest BCUT2D eigenvalue weighted by Gasteiger charge is 2.16. The monoisotopic (exact) mass is 299 g/mol. The summed E-state index contributed by atoms with van der Waals surface area (Å²) in [5.41, 5.74) is 2.26. The largest absolute Gasteiger partial charge is 0.333 e. The first kappa shape index (κ1) is 13.5. The molecule has 5 nitrogen and oxygen atoms in total. The van der Waals surface area contributed by atoms with Crippen molar-refractivity contribution in [2.45, 2.75) is 13.8 Å². The van der Waals surface area contributed by atoms with E-state index < -0.39 is 0 Å². The maximum Gasteiger partial charge on any atom is 0.270 e. The van der Waals surface area contributed by atoms with E-state index in [0.29, 0.717) is 23.0 Å². The smallest absolute Gasteiger partial charge is 0.270 e. The fraction of sp³-hybridized carbons (Fsp3) is 0.133. The summed E-state index contributed by atoms with van der Waals surface area (Å²) in [6, 6.07) is 9.29. The highest BCUT2D eigenvalue weighted by molar-refractivity contribution is 7.14. The van der Waals surface area contributed by atoms with Gasteiger partial charge in [0.2, 0.25) is 0 Å². The van der Waals surface area contributed by atoms with Gasteiger partial charge in [-0.3, -0.25) is 4.79 Å². The van der Waals surface area contributed by atoms with Gasteiger partial charge in [-0.1, -0.05) is 23.4 Å². The third-order valence-electron chi connectivity index (χ3n) is 3.02. The van der Waals surface area contributed by atoms with E-state index in [1.807, 2.05) is 36.6 Å². The summed E-state index contributed by atoms with van der Waals surface area (Å²) < 4.78 is 5.16. The Kier molecular flexibility index (Phi) is 3.53. The van der Waals surface area contributed by atoms with Crippen LogP contribution in [-0.4, -0.2) is 16.0 Å². The lowest BCUT2D eigenvalue weighted by atomic mass is 10.1. The van der Waals surface area contributed by atoms with Crippen LogP contribution in [0.1, 0.15) is 21.7 Å². The molecule has 1 N–H and O–H groups in total. The second-order valence-electron chi connectivity index (χ2n) is 4.58. The van der Waals surface area contributed by atoms with Gasteiger partial charge in [0.25, 0.3) is 11.8 Å². The van der Waals surface area contributed by atoms with Crippen LogP contribution in [0.4, 0.5) is 5.69 Å². The van der Waals surface area contributed by atoms with E-state index in [1.54, 1.807) is 13.0 Å². The van der Waals surface area contributed by atoms with Crippen LogP contribution in [0.15, 0.2) is 40.2 Å². The van der Waals surface area contributed by atoms with E-state index in [-0.39, 0.29) is 5.91 Å². The lowest BCUT2D eigenvalue weighted by Crippen LogP contribution is -2.13. The first-order valence-electron chi connectivity index (χ1n) is 6.40. The molecule has 0 unspecified atom stereocenters. The van der Waals surface area contributed by atoms with Crippen molar-refractivity contribution >= 4 is 22.9 Å². The minimum Gasteiger partial charge on any atom is -0.333 e. The van der Waals surface area contributed by atoms with Gasteiger partial charge in [-0.05, 0) is 36.9 Å². The van der Waals surface area contributed by atoms with Gasteiger partial charge in [0, 0.05) is 5.56 Å². The third-order valence-corrected chi connectivity index (χ3v) is 3.93. The van der Waals surface area contributed by atoms with Crippen molar-refractivity contribution in [3.63, 3.8) is 0 Å². The van der Waals surface area contributed by atoms with E-state index >= 15 is 0 Å². The summed E-state index contributed by atoms with van der Waals surface area (Å²) in [6.07, 6.45) is 0. The molecule has 3 aromatic rings. The topological polar surface area (TPSA) is 68.0 Å². The summed E-state index contributed by atoms with van der Waals surface area (Å²) in [5.74, 6) is 0.834. The standard InChI is InChI=1S/C15H13N3O2S/c1-9-5-3-4-6-11(9)14(19)17-12-7-8-21-13(12)15-16-10(2)18-20-15/h3-8H,1-2H3,(H,17,19). The van der Waals surface area contributed by atoms with Crippen LogP contribution >= 0.6 is 11.3 Å². The Morgan fingerprint density at radius 1 is 1.24 bits per heavy atom. The van der Waals surface area contributed by atoms with E-state index in [2.05, 4.69) is 15.5 Å². The molecular formula is C15H13N3O2S. The molecule has 0 atom stereocenters. The number of hydrogen-bond donors (Lipinski definition) is 1. The number of aromatic nitrogens is 2. The molecule has 2 aromatic heterocycles. The van der Waals surface area contributed by atoms with Crippen LogP contribution in [0.25, 0.3) is 10.8 Å². The number of carbonyl (C=O) groups is 1. The quantitative estimate of drug-likeness (QED) is 0.801. The zero-order chi connectivity index (χ0) is 14.8. The van der Waals surface area contributed by atoms with E-state index in [1.165, 1.54) is 11.3 Å². The fourth-order valence-corrected chi connectivity index (χ4v) is 2.75. The van der Waals surface area contributed by atoms with E-state index in [9.17, 15) is 4.79 Å². The van der Waals surface area contributed by atoms with Gasteiger partial charge in [-0.2, -0.15) is 4.98 Å². The lowest BCUT2D eigenvalue weighted by Gasteiger charge is -2.07. The molecule has 0 aliphatic carbocycles. The molecule has 0 radical (unpaired) electrons. The number of aryl methyl sites for hydroxylation is 2. The van der Waals surface area contributed by atoms with Crippen molar-refractivity contribution in [2.24, 2.45) is 0 Å². The zero-order valence-corrected chi connectivity index (χ0v) is 12.4. The lowest BCUT2D eigenvalue weighted by molar-refractivity contribution is 0.102. The molecule has 0 saturated carbocycles. The maximum atomic E-state index is 12.3. The van der Waals surface area contributed by atoms with Crippen molar-refractivity contribution in [3.05, 3.63) is 52.7 Å². The molecule has 0 bridgehead atoms. The SMILES string of the molecule is Cc1noc(-c2sccc2NC(=O)c2ccccc2C)n1. The van der Waals surface area contributed by atoms with Crippen molar-refractivity contribution in [3.8, 4) is 10.8 Å². The summed E-state index contributed by atoms with van der Waals surface area (Å²) in [5, 5.41) is 8.55. The van der Waals surface area contributed by atoms with Gasteiger partial charge >= 0.3 is 0 Å². The van der Waals surface area contributed by atoms with Crippen molar-refractivity contribution in [1.82, 2.24) is 10.1 Å². The minimum absolute atomic E-state index is 0.149. The van der Waals surface area contributed by atoms with Crippen LogP contribution < -0.4 is 5.32 Å². The van der Waals surface area contributed by atoms with Crippen LogP contribution in [-0.2, 0) is 0 Å². The van der Waals surface area contributed by atoms with Gasteiger partial charge in [0.15, 0.2) is 5.82 Å². The maximum absolute atomic E-state index is 12.3. The molecule has 0 saturated heterocycles. The second-order valence-corrected chi connectivity index (χ2v) is 5.50. The Morgan fingerprint density at radius 2 is 2.05 bits per heavy atom. The molecule has 0 aliphatic rings. The Morgan fingerprint density at radius 3 is 2.76 bits per heavy atom. The number of rotatable bonds is 3. The average molecular weight is 299 g/mol. The Bertz CT molecular complexity index is 792. The van der Waals surface area contributed by atoms with Crippen LogP contribution in [0.5, 0.6) is 0 Å². The van der Waals surface area contributed by atoms with Gasteiger partial charge in [-0.25, -0.2) is 0 Å². The van der Waals surface area contributed by atoms with Crippen molar-refractivity contribution < 1.29 is 9.32 Å².